The first-order valence-electron chi connectivity index (χ1n) is 9.45. The van der Waals surface area contributed by atoms with Gasteiger partial charge in [0.05, 0.1) is 19.8 Å². The molecule has 0 radical (unpaired) electrons. The van der Waals surface area contributed by atoms with Gasteiger partial charge in [0.25, 0.3) is 6.47 Å². The van der Waals surface area contributed by atoms with Crippen LogP contribution in [-0.4, -0.2) is 70.3 Å². The van der Waals surface area contributed by atoms with Crippen LogP contribution >= 0.6 is 0 Å². The molecule has 1 aliphatic rings. The Labute approximate surface area is 177 Å². The molecule has 0 saturated carbocycles. The highest BCUT2D eigenvalue weighted by Gasteiger charge is 2.69. The Hall–Kier alpha value is -3.45. The van der Waals surface area contributed by atoms with Crippen LogP contribution in [0.2, 0.25) is 0 Å². The van der Waals surface area contributed by atoms with Gasteiger partial charge in [0, 0.05) is 18.7 Å². The molecule has 168 valence electrons. The molecule has 0 N–H and O–H groups in total. The van der Waals surface area contributed by atoms with Crippen LogP contribution < -0.4 is 0 Å². The molecule has 1 aliphatic heterocycles. The fourth-order valence-electron chi connectivity index (χ4n) is 3.07. The van der Waals surface area contributed by atoms with Gasteiger partial charge in [-0.15, -0.1) is 0 Å². The zero-order chi connectivity index (χ0) is 22.9. The summed E-state index contributed by atoms with van der Waals surface area (Å²) in [5, 5.41) is 27.4. The van der Waals surface area contributed by atoms with Gasteiger partial charge in [0.1, 0.15) is 9.85 Å². The Morgan fingerprint density at radius 2 is 1.84 bits per heavy atom. The SMILES string of the molecule is CC(N1CCOCC1)C(c1nc(-c2ccccc2)no1)([N+](=O)[O-])[N+](=O)[O-].CCOC=O. The van der Waals surface area contributed by atoms with E-state index < -0.39 is 27.4 Å². The van der Waals surface area contributed by atoms with Crippen LogP contribution in [0.15, 0.2) is 34.9 Å². The summed E-state index contributed by atoms with van der Waals surface area (Å²) in [6, 6.07) is 7.50. The molecule has 1 aromatic heterocycles. The summed E-state index contributed by atoms with van der Waals surface area (Å²) in [5.74, 6) is -0.590. The standard InChI is InChI=1S/C15H17N5O6.C3H6O2/c1-11(18-7-9-25-10-8-18)15(19(21)22,20(23)24)14-16-13(17-26-14)12-5-3-2-4-6-12;1-2-5-3-4/h2-6,11H,7-10H2,1H3;3H,2H2,1H3. The van der Waals surface area contributed by atoms with Gasteiger partial charge in [-0.2, -0.15) is 4.98 Å². The quantitative estimate of drug-likeness (QED) is 0.253. The minimum Gasteiger partial charge on any atom is -0.468 e. The molecule has 13 heteroatoms. The van der Waals surface area contributed by atoms with E-state index in [2.05, 4.69) is 14.9 Å². The third-order valence-corrected chi connectivity index (χ3v) is 4.74. The summed E-state index contributed by atoms with van der Waals surface area (Å²) >= 11 is 0. The molecular weight excluding hydrogens is 414 g/mol. The molecule has 1 saturated heterocycles. The molecule has 0 bridgehead atoms. The van der Waals surface area contributed by atoms with Crippen molar-refractivity contribution in [3.63, 3.8) is 0 Å². The van der Waals surface area contributed by atoms with Gasteiger partial charge >= 0.3 is 11.6 Å². The van der Waals surface area contributed by atoms with Gasteiger partial charge in [0.2, 0.25) is 5.82 Å². The summed E-state index contributed by atoms with van der Waals surface area (Å²) in [4.78, 5) is 36.6. The van der Waals surface area contributed by atoms with Crippen molar-refractivity contribution in [3.05, 3.63) is 56.5 Å². The van der Waals surface area contributed by atoms with E-state index in [0.717, 1.165) is 0 Å². The summed E-state index contributed by atoms with van der Waals surface area (Å²) in [6.45, 7) is 5.44. The number of hydrogen-bond donors (Lipinski definition) is 0. The summed E-state index contributed by atoms with van der Waals surface area (Å²) in [6.07, 6.45) is 0. The van der Waals surface area contributed by atoms with E-state index in [9.17, 15) is 25.0 Å². The Bertz CT molecular complexity index is 855. The maximum absolute atomic E-state index is 11.9. The molecule has 13 nitrogen and oxygen atoms in total. The molecule has 1 fully saturated rings. The van der Waals surface area contributed by atoms with E-state index in [4.69, 9.17) is 9.26 Å². The zero-order valence-electron chi connectivity index (χ0n) is 17.1. The lowest BCUT2D eigenvalue weighted by Gasteiger charge is -2.33. The third kappa shape index (κ3) is 5.19. The lowest BCUT2D eigenvalue weighted by molar-refractivity contribution is -0.820. The molecule has 31 heavy (non-hydrogen) atoms. The molecule has 2 heterocycles. The van der Waals surface area contributed by atoms with E-state index in [1.54, 1.807) is 42.2 Å². The van der Waals surface area contributed by atoms with E-state index in [1.165, 1.54) is 6.92 Å². The van der Waals surface area contributed by atoms with Gasteiger partial charge in [-0.1, -0.05) is 35.5 Å². The van der Waals surface area contributed by atoms with Crippen molar-refractivity contribution in [2.45, 2.75) is 25.6 Å². The number of hydrogen-bond acceptors (Lipinski definition) is 11. The van der Waals surface area contributed by atoms with Crippen LogP contribution in [0.5, 0.6) is 0 Å². The van der Waals surface area contributed by atoms with Crippen LogP contribution in [-0.2, 0) is 19.9 Å². The van der Waals surface area contributed by atoms with E-state index in [1.807, 2.05) is 0 Å². The van der Waals surface area contributed by atoms with Crippen molar-refractivity contribution in [2.75, 3.05) is 32.9 Å². The third-order valence-electron chi connectivity index (χ3n) is 4.74. The number of ether oxygens (including phenoxy) is 2. The molecule has 1 aromatic carbocycles. The number of benzene rings is 1. The lowest BCUT2D eigenvalue weighted by atomic mass is 10.0. The largest absolute Gasteiger partial charge is 0.549 e. The minimum atomic E-state index is -2.77. The highest BCUT2D eigenvalue weighted by Crippen LogP contribution is 2.33. The number of morpholine rings is 1. The first-order valence-corrected chi connectivity index (χ1v) is 9.45. The highest BCUT2D eigenvalue weighted by molar-refractivity contribution is 5.53. The monoisotopic (exact) mass is 437 g/mol. The summed E-state index contributed by atoms with van der Waals surface area (Å²) in [5.41, 5.74) is -2.22. The maximum Gasteiger partial charge on any atom is 0.549 e. The maximum atomic E-state index is 11.9. The van der Waals surface area contributed by atoms with Crippen LogP contribution in [0, 0.1) is 20.2 Å². The van der Waals surface area contributed by atoms with E-state index in [-0.39, 0.29) is 5.82 Å². The van der Waals surface area contributed by atoms with Crippen LogP contribution in [0.4, 0.5) is 0 Å². The Balaban J connectivity index is 0.000000614. The van der Waals surface area contributed by atoms with Crippen molar-refractivity contribution >= 4 is 6.47 Å². The van der Waals surface area contributed by atoms with Gasteiger partial charge < -0.3 is 14.0 Å². The van der Waals surface area contributed by atoms with E-state index in [0.29, 0.717) is 44.9 Å². The summed E-state index contributed by atoms with van der Waals surface area (Å²) < 4.78 is 14.4. The Kier molecular flexibility index (Phi) is 8.52. The molecule has 1 atom stereocenters. The predicted octanol–water partition coefficient (Wildman–Crippen LogP) is 1.34. The molecular formula is C18H23N5O8. The topological polar surface area (TPSA) is 164 Å². The van der Waals surface area contributed by atoms with Crippen LogP contribution in [0.1, 0.15) is 19.7 Å². The smallest absolute Gasteiger partial charge is 0.468 e. The number of nitro groups is 2. The number of carbonyl (C=O) groups is 1. The van der Waals surface area contributed by atoms with Crippen LogP contribution in [0.25, 0.3) is 11.4 Å². The first-order chi connectivity index (χ1) is 14.9. The second-order valence-corrected chi connectivity index (χ2v) is 6.41. The predicted molar refractivity (Wildman–Crippen MR) is 105 cm³/mol. The molecule has 1 unspecified atom stereocenters. The molecule has 3 rings (SSSR count). The highest BCUT2D eigenvalue weighted by atomic mass is 16.7. The van der Waals surface area contributed by atoms with Crippen molar-refractivity contribution in [1.82, 2.24) is 15.0 Å². The Morgan fingerprint density at radius 3 is 2.32 bits per heavy atom. The number of carbonyl (C=O) groups excluding carboxylic acids is 1. The van der Waals surface area contributed by atoms with Crippen molar-refractivity contribution in [3.8, 4) is 11.4 Å². The molecule has 0 spiro atoms. The molecule has 2 aromatic rings. The minimum absolute atomic E-state index is 0.0582. The van der Waals surface area contributed by atoms with Crippen molar-refractivity contribution in [2.24, 2.45) is 0 Å². The normalized spacial score (nSPS) is 15.3. The average molecular weight is 437 g/mol. The zero-order valence-corrected chi connectivity index (χ0v) is 17.1. The average Bonchev–Trinajstić information content (AvgIpc) is 3.26. The Morgan fingerprint density at radius 1 is 1.23 bits per heavy atom. The summed E-state index contributed by atoms with van der Waals surface area (Å²) in [7, 11) is 0. The van der Waals surface area contributed by atoms with Crippen molar-refractivity contribution < 1.29 is 28.6 Å². The fraction of sp³-hybridized carbons (Fsp3) is 0.500. The van der Waals surface area contributed by atoms with Gasteiger partial charge in [-0.25, -0.2) is 0 Å². The van der Waals surface area contributed by atoms with Gasteiger partial charge in [-0.3, -0.25) is 29.9 Å². The van der Waals surface area contributed by atoms with Gasteiger partial charge in [-0.05, 0) is 13.8 Å². The number of aromatic nitrogens is 2. The first kappa shape index (κ1) is 23.8. The second kappa shape index (κ2) is 11.1. The molecule has 0 aliphatic carbocycles. The van der Waals surface area contributed by atoms with E-state index >= 15 is 0 Å². The number of nitrogens with zero attached hydrogens (tertiary/aromatic N) is 5. The van der Waals surface area contributed by atoms with Crippen LogP contribution in [0.3, 0.4) is 0 Å². The lowest BCUT2D eigenvalue weighted by Crippen LogP contribution is -2.60. The van der Waals surface area contributed by atoms with Crippen molar-refractivity contribution in [1.29, 1.82) is 0 Å². The fourth-order valence-corrected chi connectivity index (χ4v) is 3.07. The number of rotatable bonds is 8. The van der Waals surface area contributed by atoms with Gasteiger partial charge in [0.15, 0.2) is 6.04 Å². The molecule has 0 amide bonds. The second-order valence-electron chi connectivity index (χ2n) is 6.41.